The molecule has 2 aromatic carbocycles. The van der Waals surface area contributed by atoms with Crippen molar-refractivity contribution < 1.29 is 9.13 Å². The van der Waals surface area contributed by atoms with Gasteiger partial charge in [-0.15, -0.1) is 0 Å². The minimum atomic E-state index is -1.84. The molecule has 0 radical (unpaired) electrons. The Morgan fingerprint density at radius 1 is 0.857 bits per heavy atom. The second kappa shape index (κ2) is 6.27. The Morgan fingerprint density at radius 3 is 1.90 bits per heavy atom. The number of hydrogen-bond donors (Lipinski definition) is 0. The van der Waals surface area contributed by atoms with Gasteiger partial charge in [-0.05, 0) is 22.9 Å². The predicted molar refractivity (Wildman–Crippen MR) is 90.7 cm³/mol. The second-order valence-corrected chi connectivity index (χ2v) is 11.0. The van der Waals surface area contributed by atoms with E-state index in [4.69, 9.17) is 4.74 Å². The maximum absolute atomic E-state index is 15.0. The van der Waals surface area contributed by atoms with Gasteiger partial charge < -0.3 is 4.74 Å². The molecule has 0 bridgehead atoms. The lowest BCUT2D eigenvalue weighted by Crippen LogP contribution is -2.23. The first-order chi connectivity index (χ1) is 9.93. The minimum Gasteiger partial charge on any atom is -0.497 e. The zero-order valence-electron chi connectivity index (χ0n) is 13.0. The van der Waals surface area contributed by atoms with Gasteiger partial charge in [0, 0.05) is 5.56 Å². The van der Waals surface area contributed by atoms with Gasteiger partial charge in [-0.1, -0.05) is 62.1 Å². The third-order valence-corrected chi connectivity index (χ3v) is 5.38. The number of rotatable bonds is 4. The first-order valence-corrected chi connectivity index (χ1v) is 10.5. The van der Waals surface area contributed by atoms with Gasteiger partial charge in [-0.3, -0.25) is 0 Å². The molecule has 0 atom stereocenters. The molecule has 110 valence electrons. The smallest absolute Gasteiger partial charge is 0.130 e. The van der Waals surface area contributed by atoms with Gasteiger partial charge in [0.2, 0.25) is 0 Å². The molecule has 0 saturated heterocycles. The summed E-state index contributed by atoms with van der Waals surface area (Å²) in [6.07, 6.45) is 0. The number of methoxy groups -OCH3 is 1. The normalized spacial score (nSPS) is 12.8. The first kappa shape index (κ1) is 15.5. The average Bonchev–Trinajstić information content (AvgIpc) is 2.47. The monoisotopic (exact) mass is 300 g/mol. The van der Waals surface area contributed by atoms with Crippen LogP contribution in [0.15, 0.2) is 54.6 Å². The summed E-state index contributed by atoms with van der Waals surface area (Å²) in [6, 6.07) is 16.9. The highest BCUT2D eigenvalue weighted by molar-refractivity contribution is 6.94. The van der Waals surface area contributed by atoms with Crippen molar-refractivity contribution in [2.75, 3.05) is 7.11 Å². The Labute approximate surface area is 127 Å². The van der Waals surface area contributed by atoms with E-state index in [0.29, 0.717) is 5.56 Å². The van der Waals surface area contributed by atoms with E-state index in [1.54, 1.807) is 7.11 Å². The predicted octanol–water partition coefficient (Wildman–Crippen LogP) is 5.41. The van der Waals surface area contributed by atoms with Gasteiger partial charge in [-0.2, -0.15) is 0 Å². The standard InChI is InChI=1S/C18H21FOSi/c1-20-16-12-10-15(11-13-16)18(21(2,3)4)17(19)14-8-6-5-7-9-14/h5-13H,1-4H3/b18-17-. The zero-order valence-corrected chi connectivity index (χ0v) is 14.0. The molecular formula is C18H21FOSi. The van der Waals surface area contributed by atoms with Crippen molar-refractivity contribution in [2.45, 2.75) is 19.6 Å². The summed E-state index contributed by atoms with van der Waals surface area (Å²) in [5.74, 6) is 0.675. The Bertz CT molecular complexity index is 625. The number of benzene rings is 2. The molecule has 0 amide bonds. The van der Waals surface area contributed by atoms with Crippen LogP contribution in [0, 0.1) is 0 Å². The highest BCUT2D eigenvalue weighted by atomic mass is 28.3. The Kier molecular flexibility index (Phi) is 4.63. The quantitative estimate of drug-likeness (QED) is 0.542. The summed E-state index contributed by atoms with van der Waals surface area (Å²) < 4.78 is 20.2. The summed E-state index contributed by atoms with van der Waals surface area (Å²) in [6.45, 7) is 6.49. The summed E-state index contributed by atoms with van der Waals surface area (Å²) in [7, 11) is -0.203. The van der Waals surface area contributed by atoms with Crippen LogP contribution in [0.3, 0.4) is 0 Å². The van der Waals surface area contributed by atoms with E-state index in [1.165, 1.54) is 0 Å². The van der Waals surface area contributed by atoms with Crippen molar-refractivity contribution in [1.82, 2.24) is 0 Å². The lowest BCUT2D eigenvalue weighted by Gasteiger charge is -2.23. The molecule has 21 heavy (non-hydrogen) atoms. The molecule has 0 unspecified atom stereocenters. The molecule has 0 aromatic heterocycles. The molecule has 0 saturated carbocycles. The Morgan fingerprint density at radius 2 is 1.43 bits per heavy atom. The molecule has 0 fully saturated rings. The van der Waals surface area contributed by atoms with Gasteiger partial charge in [0.1, 0.15) is 11.6 Å². The second-order valence-electron chi connectivity index (χ2n) is 6.03. The summed E-state index contributed by atoms with van der Waals surface area (Å²) in [5, 5.41) is 0.844. The Balaban J connectivity index is 2.58. The van der Waals surface area contributed by atoms with Crippen LogP contribution >= 0.6 is 0 Å². The third kappa shape index (κ3) is 3.61. The van der Waals surface area contributed by atoms with Crippen molar-refractivity contribution >= 4 is 19.1 Å². The maximum atomic E-state index is 15.0. The topological polar surface area (TPSA) is 9.23 Å². The molecule has 0 heterocycles. The van der Waals surface area contributed by atoms with E-state index in [1.807, 2.05) is 54.6 Å². The van der Waals surface area contributed by atoms with Crippen LogP contribution in [-0.4, -0.2) is 15.2 Å². The number of ether oxygens (including phenoxy) is 1. The van der Waals surface area contributed by atoms with E-state index in [0.717, 1.165) is 16.5 Å². The molecule has 0 aliphatic carbocycles. The van der Waals surface area contributed by atoms with Crippen LogP contribution in [0.4, 0.5) is 4.39 Å². The summed E-state index contributed by atoms with van der Waals surface area (Å²) in [5.41, 5.74) is 1.59. The minimum absolute atomic E-state index is 0.111. The maximum Gasteiger partial charge on any atom is 0.130 e. The largest absolute Gasteiger partial charge is 0.497 e. The fourth-order valence-corrected chi connectivity index (χ4v) is 4.21. The lowest BCUT2D eigenvalue weighted by molar-refractivity contribution is 0.415. The summed E-state index contributed by atoms with van der Waals surface area (Å²) >= 11 is 0. The molecule has 1 nitrogen and oxygen atoms in total. The molecule has 0 N–H and O–H groups in total. The van der Waals surface area contributed by atoms with E-state index >= 15 is 4.39 Å². The molecule has 2 rings (SSSR count). The van der Waals surface area contributed by atoms with Crippen molar-refractivity contribution in [2.24, 2.45) is 0 Å². The van der Waals surface area contributed by atoms with Gasteiger partial charge >= 0.3 is 0 Å². The van der Waals surface area contributed by atoms with Crippen LogP contribution in [0.2, 0.25) is 19.6 Å². The van der Waals surface area contributed by atoms with Gasteiger partial charge in [0.05, 0.1) is 15.2 Å². The molecule has 3 heteroatoms. The van der Waals surface area contributed by atoms with Crippen LogP contribution in [0.5, 0.6) is 5.75 Å². The zero-order chi connectivity index (χ0) is 15.5. The first-order valence-electron chi connectivity index (χ1n) is 7.03. The number of halogens is 1. The SMILES string of the molecule is COc1ccc(/C(=C(/F)c2ccccc2)[Si](C)(C)C)cc1. The molecular weight excluding hydrogens is 279 g/mol. The van der Waals surface area contributed by atoms with Crippen molar-refractivity contribution in [3.63, 3.8) is 0 Å². The van der Waals surface area contributed by atoms with Gasteiger partial charge in [0.15, 0.2) is 0 Å². The van der Waals surface area contributed by atoms with Crippen LogP contribution in [0.25, 0.3) is 11.0 Å². The molecule has 0 spiro atoms. The molecule has 2 aromatic rings. The summed E-state index contributed by atoms with van der Waals surface area (Å²) in [4.78, 5) is 0. The van der Waals surface area contributed by atoms with Crippen LogP contribution in [0.1, 0.15) is 11.1 Å². The molecule has 0 aliphatic rings. The highest BCUT2D eigenvalue weighted by Gasteiger charge is 2.26. The van der Waals surface area contributed by atoms with E-state index in [9.17, 15) is 0 Å². The Hall–Kier alpha value is -1.87. The van der Waals surface area contributed by atoms with Crippen molar-refractivity contribution in [3.05, 3.63) is 65.7 Å². The molecule has 0 aliphatic heterocycles. The lowest BCUT2D eigenvalue weighted by atomic mass is 10.1. The van der Waals surface area contributed by atoms with E-state index < -0.39 is 8.07 Å². The van der Waals surface area contributed by atoms with Crippen LogP contribution in [-0.2, 0) is 0 Å². The fourth-order valence-electron chi connectivity index (χ4n) is 2.38. The third-order valence-electron chi connectivity index (χ3n) is 3.38. The van der Waals surface area contributed by atoms with Crippen molar-refractivity contribution in [1.29, 1.82) is 0 Å². The van der Waals surface area contributed by atoms with E-state index in [-0.39, 0.29) is 5.83 Å². The van der Waals surface area contributed by atoms with Gasteiger partial charge in [-0.25, -0.2) is 4.39 Å². The van der Waals surface area contributed by atoms with Gasteiger partial charge in [0.25, 0.3) is 0 Å². The fraction of sp³-hybridized carbons (Fsp3) is 0.222. The van der Waals surface area contributed by atoms with E-state index in [2.05, 4.69) is 19.6 Å². The van der Waals surface area contributed by atoms with Crippen LogP contribution < -0.4 is 4.74 Å². The average molecular weight is 300 g/mol. The number of hydrogen-bond acceptors (Lipinski definition) is 1. The van der Waals surface area contributed by atoms with Crippen molar-refractivity contribution in [3.8, 4) is 5.75 Å². The highest BCUT2D eigenvalue weighted by Crippen LogP contribution is 2.35.